The summed E-state index contributed by atoms with van der Waals surface area (Å²) in [5.74, 6) is -2.16. The number of nitrogens with two attached hydrogens (primary N) is 1. The summed E-state index contributed by atoms with van der Waals surface area (Å²) in [5, 5.41) is 30.0. The molecule has 1 aliphatic carbocycles. The smallest absolute Gasteiger partial charge is 0.434 e. The second-order valence-corrected chi connectivity index (χ2v) is 8.65. The van der Waals surface area contributed by atoms with Crippen molar-refractivity contribution in [3.05, 3.63) is 41.5 Å². The van der Waals surface area contributed by atoms with Crippen LogP contribution >= 0.6 is 0 Å². The van der Waals surface area contributed by atoms with E-state index in [4.69, 9.17) is 15.1 Å². The van der Waals surface area contributed by atoms with Crippen LogP contribution in [0.3, 0.4) is 0 Å². The summed E-state index contributed by atoms with van der Waals surface area (Å²) in [4.78, 5) is 33.0. The van der Waals surface area contributed by atoms with Crippen molar-refractivity contribution >= 4 is 18.6 Å². The second-order valence-electron chi connectivity index (χ2n) is 8.65. The van der Waals surface area contributed by atoms with E-state index in [0.717, 1.165) is 0 Å². The van der Waals surface area contributed by atoms with Gasteiger partial charge in [-0.2, -0.15) is 0 Å². The van der Waals surface area contributed by atoms with Gasteiger partial charge in [0.2, 0.25) is 5.91 Å². The lowest BCUT2D eigenvalue weighted by atomic mass is 9.68. The van der Waals surface area contributed by atoms with Crippen LogP contribution in [0.5, 0.6) is 11.5 Å². The molecule has 1 amide bonds. The SMILES string of the molecule is C[C@@](N)(C(=O)N1CC(Oc2ccc3c(c2C(=O)O)O[B-](O)(O)[C@@H]2C[C@H]32)C1)c1c[nH]cn1. The minimum absolute atomic E-state index is 0.0526. The molecule has 2 aromatic rings. The summed E-state index contributed by atoms with van der Waals surface area (Å²) < 4.78 is 11.1. The van der Waals surface area contributed by atoms with E-state index < -0.39 is 30.2 Å². The molecule has 0 spiro atoms. The van der Waals surface area contributed by atoms with Crippen LogP contribution in [0, 0.1) is 0 Å². The van der Waals surface area contributed by atoms with Crippen LogP contribution in [-0.4, -0.2) is 67.8 Å². The molecular formula is C19H22BN4O7-. The molecule has 1 aromatic heterocycles. The van der Waals surface area contributed by atoms with Crippen molar-refractivity contribution in [3.63, 3.8) is 0 Å². The van der Waals surface area contributed by atoms with Crippen molar-refractivity contribution in [2.24, 2.45) is 5.73 Å². The molecule has 1 aromatic carbocycles. The Morgan fingerprint density at radius 1 is 1.39 bits per heavy atom. The minimum Gasteiger partial charge on any atom is -0.669 e. The van der Waals surface area contributed by atoms with E-state index >= 15 is 0 Å². The average Bonchev–Trinajstić information content (AvgIpc) is 3.29. The normalized spacial score (nSPS) is 25.4. The molecule has 6 N–H and O–H groups in total. The van der Waals surface area contributed by atoms with E-state index in [1.54, 1.807) is 25.3 Å². The number of ether oxygens (including phenoxy) is 1. The highest BCUT2D eigenvalue weighted by Crippen LogP contribution is 2.63. The first-order chi connectivity index (χ1) is 14.6. The Morgan fingerprint density at radius 3 is 2.77 bits per heavy atom. The van der Waals surface area contributed by atoms with E-state index in [9.17, 15) is 24.7 Å². The monoisotopic (exact) mass is 429 g/mol. The maximum Gasteiger partial charge on any atom is 0.434 e. The van der Waals surface area contributed by atoms with Crippen molar-refractivity contribution in [1.82, 2.24) is 14.9 Å². The lowest BCUT2D eigenvalue weighted by Crippen LogP contribution is -2.62. The Morgan fingerprint density at radius 2 is 2.13 bits per heavy atom. The highest BCUT2D eigenvalue weighted by Gasteiger charge is 2.55. The number of amides is 1. The number of benzene rings is 1. The van der Waals surface area contributed by atoms with Gasteiger partial charge in [-0.15, -0.1) is 0 Å². The molecule has 164 valence electrons. The molecule has 2 fully saturated rings. The summed E-state index contributed by atoms with van der Waals surface area (Å²) in [6.45, 7) is -1.08. The Kier molecular flexibility index (Phi) is 4.13. The number of carbonyl (C=O) groups is 2. The zero-order valence-electron chi connectivity index (χ0n) is 16.7. The molecular weight excluding hydrogens is 407 g/mol. The van der Waals surface area contributed by atoms with Crippen molar-refractivity contribution in [2.75, 3.05) is 13.1 Å². The number of hydrogen-bond donors (Lipinski definition) is 5. The number of imidazole rings is 1. The van der Waals surface area contributed by atoms with E-state index in [0.29, 0.717) is 17.7 Å². The van der Waals surface area contributed by atoms with Crippen LogP contribution in [-0.2, 0) is 10.3 Å². The van der Waals surface area contributed by atoms with E-state index in [1.807, 2.05) is 0 Å². The summed E-state index contributed by atoms with van der Waals surface area (Å²) in [6, 6.07) is 3.25. The molecule has 3 atom stereocenters. The molecule has 0 radical (unpaired) electrons. The first-order valence-corrected chi connectivity index (χ1v) is 10.0. The molecule has 1 saturated heterocycles. The van der Waals surface area contributed by atoms with E-state index in [-0.39, 0.29) is 42.0 Å². The summed E-state index contributed by atoms with van der Waals surface area (Å²) in [5.41, 5.74) is 5.67. The maximum absolute atomic E-state index is 12.7. The number of carbonyl (C=O) groups excluding carboxylic acids is 1. The van der Waals surface area contributed by atoms with Crippen LogP contribution in [0.4, 0.5) is 0 Å². The van der Waals surface area contributed by atoms with Crippen molar-refractivity contribution < 1.29 is 34.1 Å². The zero-order valence-corrected chi connectivity index (χ0v) is 16.7. The second kappa shape index (κ2) is 6.46. The Balaban J connectivity index is 1.32. The van der Waals surface area contributed by atoms with Gasteiger partial charge in [0.15, 0.2) is 0 Å². The number of rotatable bonds is 5. The summed E-state index contributed by atoms with van der Waals surface area (Å²) in [6.07, 6.45) is 3.10. The van der Waals surface area contributed by atoms with Gasteiger partial charge < -0.3 is 40.2 Å². The third-order valence-corrected chi connectivity index (χ3v) is 6.36. The number of hydrogen-bond acceptors (Lipinski definition) is 8. The van der Waals surface area contributed by atoms with Crippen LogP contribution in [0.2, 0.25) is 5.82 Å². The molecule has 12 heteroatoms. The predicted molar refractivity (Wildman–Crippen MR) is 106 cm³/mol. The molecule has 3 heterocycles. The topological polar surface area (TPSA) is 171 Å². The van der Waals surface area contributed by atoms with Gasteiger partial charge in [0.1, 0.15) is 23.0 Å². The molecule has 0 bridgehead atoms. The maximum atomic E-state index is 12.7. The standard InChI is InChI=1S/C19H22BN4O7/c1-19(21,14-5-22-8-23-14)18(27)24-6-9(7-24)30-13-3-2-10-11-4-12(11)20(28,29)31-16(10)15(13)17(25)26/h2-3,5,8-9,11-12,28-29H,4,6-7,21H2,1H3,(H,22,23)(H,25,26)/q-1/t11-,12-,19+/m1/s1. The van der Waals surface area contributed by atoms with Gasteiger partial charge in [-0.1, -0.05) is 18.3 Å². The summed E-state index contributed by atoms with van der Waals surface area (Å²) >= 11 is 0. The van der Waals surface area contributed by atoms with Gasteiger partial charge >= 0.3 is 12.7 Å². The third kappa shape index (κ3) is 3.06. The van der Waals surface area contributed by atoms with Crippen molar-refractivity contribution in [1.29, 1.82) is 0 Å². The number of nitrogens with zero attached hydrogens (tertiary/aromatic N) is 2. The number of carboxylic acids is 1. The molecule has 1 saturated carbocycles. The number of fused-ring (bicyclic) bond motifs is 3. The lowest BCUT2D eigenvalue weighted by Gasteiger charge is -2.42. The number of likely N-dealkylation sites (tertiary alicyclic amines) is 1. The Hall–Kier alpha value is -3.09. The van der Waals surface area contributed by atoms with Crippen LogP contribution in [0.25, 0.3) is 0 Å². The fraction of sp³-hybridized carbons (Fsp3) is 0.421. The number of carboxylic acid groups (broad SMARTS) is 1. The molecule has 31 heavy (non-hydrogen) atoms. The van der Waals surface area contributed by atoms with Crippen LogP contribution < -0.4 is 15.1 Å². The minimum atomic E-state index is -3.11. The zero-order chi connectivity index (χ0) is 22.1. The quantitative estimate of drug-likeness (QED) is 0.402. The number of aromatic carboxylic acids is 1. The highest BCUT2D eigenvalue weighted by molar-refractivity contribution is 6.62. The number of nitrogens with one attached hydrogen (secondary N) is 1. The molecule has 0 unspecified atom stereocenters. The van der Waals surface area contributed by atoms with Crippen LogP contribution in [0.1, 0.15) is 40.9 Å². The summed E-state index contributed by atoms with van der Waals surface area (Å²) in [7, 11) is 0. The molecule has 11 nitrogen and oxygen atoms in total. The Bertz CT molecular complexity index is 1070. The fourth-order valence-corrected chi connectivity index (χ4v) is 4.45. The van der Waals surface area contributed by atoms with Gasteiger partial charge in [0, 0.05) is 6.20 Å². The van der Waals surface area contributed by atoms with E-state index in [2.05, 4.69) is 9.97 Å². The number of aromatic amines is 1. The van der Waals surface area contributed by atoms with Crippen molar-refractivity contribution in [2.45, 2.75) is 36.7 Å². The Labute approximate surface area is 176 Å². The largest absolute Gasteiger partial charge is 0.669 e. The molecule has 5 rings (SSSR count). The predicted octanol–water partition coefficient (Wildman–Crippen LogP) is -0.255. The first-order valence-electron chi connectivity index (χ1n) is 10.0. The van der Waals surface area contributed by atoms with Crippen molar-refractivity contribution in [3.8, 4) is 11.5 Å². The van der Waals surface area contributed by atoms with Gasteiger partial charge in [-0.25, -0.2) is 9.78 Å². The fourth-order valence-electron chi connectivity index (χ4n) is 4.45. The van der Waals surface area contributed by atoms with Gasteiger partial charge in [-0.3, -0.25) is 4.79 Å². The number of aromatic nitrogens is 2. The number of H-pyrrole nitrogens is 1. The molecule has 2 aliphatic heterocycles. The van der Waals surface area contributed by atoms with Gasteiger partial charge in [0.25, 0.3) is 0 Å². The third-order valence-electron chi connectivity index (χ3n) is 6.36. The first kappa shape index (κ1) is 19.9. The average molecular weight is 429 g/mol. The van der Waals surface area contributed by atoms with Gasteiger partial charge in [-0.05, 0) is 24.5 Å². The van der Waals surface area contributed by atoms with E-state index in [1.165, 1.54) is 11.2 Å². The lowest BCUT2D eigenvalue weighted by molar-refractivity contribution is -0.145. The highest BCUT2D eigenvalue weighted by atomic mass is 16.6. The van der Waals surface area contributed by atoms with Crippen LogP contribution in [0.15, 0.2) is 24.7 Å². The van der Waals surface area contributed by atoms with Gasteiger partial charge in [0.05, 0.1) is 30.9 Å². The molecule has 3 aliphatic rings.